The van der Waals surface area contributed by atoms with Crippen molar-refractivity contribution in [2.75, 3.05) is 0 Å². The number of amides is 1. The quantitative estimate of drug-likeness (QED) is 0.768. The van der Waals surface area contributed by atoms with Gasteiger partial charge in [-0.25, -0.2) is 9.67 Å². The number of carbonyl (C=O) groups is 1. The molecule has 22 heavy (non-hydrogen) atoms. The first-order valence-electron chi connectivity index (χ1n) is 6.62. The van der Waals surface area contributed by atoms with E-state index in [4.69, 9.17) is 5.73 Å². The van der Waals surface area contributed by atoms with Gasteiger partial charge >= 0.3 is 0 Å². The number of allylic oxidation sites excluding steroid dienone is 8. The number of nitrogens with zero attached hydrogens (tertiary/aromatic N) is 3. The Bertz CT molecular complexity index is 718. The summed E-state index contributed by atoms with van der Waals surface area (Å²) in [5.41, 5.74) is 6.81. The predicted octanol–water partition coefficient (Wildman–Crippen LogP) is 0.862. The lowest BCUT2D eigenvalue weighted by molar-refractivity contribution is 0.0990. The highest BCUT2D eigenvalue weighted by atomic mass is 16.1. The molecule has 1 aromatic heterocycles. The molecule has 4 N–H and O–H groups in total. The van der Waals surface area contributed by atoms with Gasteiger partial charge in [0.15, 0.2) is 5.82 Å². The molecule has 0 spiro atoms. The fourth-order valence-corrected chi connectivity index (χ4v) is 1.96. The molecule has 1 aromatic rings. The van der Waals surface area contributed by atoms with Crippen LogP contribution in [0.3, 0.4) is 0 Å². The second kappa shape index (κ2) is 5.96. The number of primary amides is 1. The molecular formula is C15H14N6O. The number of hydrogen-bond acceptors (Lipinski definition) is 5. The lowest BCUT2D eigenvalue weighted by atomic mass is 10.2. The van der Waals surface area contributed by atoms with E-state index in [0.717, 1.165) is 11.3 Å². The molecule has 7 heteroatoms. The van der Waals surface area contributed by atoms with Crippen molar-refractivity contribution >= 4 is 17.2 Å². The van der Waals surface area contributed by atoms with Gasteiger partial charge in [-0.05, 0) is 24.3 Å². The number of carbonyl (C=O) groups excluding carboxylic acids is 1. The highest BCUT2D eigenvalue weighted by Gasteiger charge is 2.18. The highest BCUT2D eigenvalue weighted by molar-refractivity contribution is 5.89. The van der Waals surface area contributed by atoms with E-state index in [1.807, 2.05) is 36.5 Å². The molecule has 0 fully saturated rings. The molecule has 0 bridgehead atoms. The van der Waals surface area contributed by atoms with Gasteiger partial charge in [0, 0.05) is 30.4 Å². The Balaban J connectivity index is 2.10. The summed E-state index contributed by atoms with van der Waals surface area (Å²) in [6.45, 7) is 0. The van der Waals surface area contributed by atoms with Crippen molar-refractivity contribution in [2.45, 2.75) is 0 Å². The maximum absolute atomic E-state index is 11.4. The Hall–Kier alpha value is -3.35. The van der Waals surface area contributed by atoms with Gasteiger partial charge in [0.25, 0.3) is 5.91 Å². The molecule has 1 amide bonds. The van der Waals surface area contributed by atoms with Crippen LogP contribution in [-0.2, 0) is 0 Å². The van der Waals surface area contributed by atoms with Crippen LogP contribution in [-0.4, -0.2) is 20.7 Å². The van der Waals surface area contributed by atoms with Gasteiger partial charge < -0.3 is 16.4 Å². The van der Waals surface area contributed by atoms with E-state index in [1.54, 1.807) is 29.5 Å². The molecule has 110 valence electrons. The molecule has 3 rings (SSSR count). The normalized spacial score (nSPS) is 16.2. The smallest absolute Gasteiger partial charge is 0.288 e. The molecular weight excluding hydrogens is 280 g/mol. The van der Waals surface area contributed by atoms with E-state index >= 15 is 0 Å². The minimum absolute atomic E-state index is 0.0342. The Morgan fingerprint density at radius 3 is 2.55 bits per heavy atom. The molecule has 0 radical (unpaired) electrons. The van der Waals surface area contributed by atoms with Gasteiger partial charge in [-0.15, -0.1) is 5.10 Å². The van der Waals surface area contributed by atoms with E-state index in [9.17, 15) is 4.79 Å². The van der Waals surface area contributed by atoms with Gasteiger partial charge in [0.1, 0.15) is 0 Å². The van der Waals surface area contributed by atoms with Crippen molar-refractivity contribution in [3.05, 3.63) is 72.9 Å². The molecule has 7 nitrogen and oxygen atoms in total. The van der Waals surface area contributed by atoms with E-state index in [0.29, 0.717) is 5.82 Å². The summed E-state index contributed by atoms with van der Waals surface area (Å²) in [6.07, 6.45) is 18.3. The Morgan fingerprint density at radius 2 is 1.77 bits per heavy atom. The molecule has 2 aliphatic rings. The molecule has 2 aliphatic heterocycles. The minimum Gasteiger partial charge on any atom is -0.367 e. The summed E-state index contributed by atoms with van der Waals surface area (Å²) in [7, 11) is 0. The SMILES string of the molecule is NC(=O)c1nc(C2=CNC=CC=C2)n(C2=CNC=CC=C2)n1. The van der Waals surface area contributed by atoms with E-state index in [1.165, 1.54) is 0 Å². The van der Waals surface area contributed by atoms with Crippen LogP contribution in [0.4, 0.5) is 0 Å². The number of hydrogen-bond donors (Lipinski definition) is 3. The van der Waals surface area contributed by atoms with Crippen LogP contribution in [0.25, 0.3) is 11.3 Å². The second-order valence-electron chi connectivity index (χ2n) is 4.47. The predicted molar refractivity (Wildman–Crippen MR) is 83.6 cm³/mol. The Kier molecular flexibility index (Phi) is 3.69. The van der Waals surface area contributed by atoms with Crippen molar-refractivity contribution in [1.29, 1.82) is 0 Å². The number of aromatic nitrogens is 3. The van der Waals surface area contributed by atoms with Crippen LogP contribution in [0.5, 0.6) is 0 Å². The zero-order valence-electron chi connectivity index (χ0n) is 11.6. The van der Waals surface area contributed by atoms with Crippen LogP contribution in [0.2, 0.25) is 0 Å². The van der Waals surface area contributed by atoms with Crippen molar-refractivity contribution in [3.63, 3.8) is 0 Å². The summed E-state index contributed by atoms with van der Waals surface area (Å²) in [5.74, 6) is -0.192. The van der Waals surface area contributed by atoms with E-state index < -0.39 is 5.91 Å². The average Bonchev–Trinajstić information content (AvgIpc) is 2.73. The fraction of sp³-hybridized carbons (Fsp3) is 0. The fourth-order valence-electron chi connectivity index (χ4n) is 1.96. The molecule has 0 saturated carbocycles. The first-order valence-corrected chi connectivity index (χ1v) is 6.62. The summed E-state index contributed by atoms with van der Waals surface area (Å²) < 4.78 is 1.57. The third-order valence-electron chi connectivity index (χ3n) is 2.95. The monoisotopic (exact) mass is 294 g/mol. The van der Waals surface area contributed by atoms with Crippen LogP contribution >= 0.6 is 0 Å². The van der Waals surface area contributed by atoms with Crippen molar-refractivity contribution in [3.8, 4) is 0 Å². The standard InChI is InChI=1S/C15H14N6O/c16-13(22)14-19-15(11-5-1-3-7-17-9-11)21(20-14)12-6-2-4-8-18-10-12/h1-10,17-18H,(H2,16,22). The molecule has 0 aliphatic carbocycles. The molecule has 0 atom stereocenters. The van der Waals surface area contributed by atoms with Crippen molar-refractivity contribution < 1.29 is 4.79 Å². The number of nitrogens with one attached hydrogen (secondary N) is 2. The van der Waals surface area contributed by atoms with Crippen LogP contribution in [0.15, 0.2) is 61.3 Å². The maximum Gasteiger partial charge on any atom is 0.288 e. The van der Waals surface area contributed by atoms with Crippen molar-refractivity contribution in [2.24, 2.45) is 5.73 Å². The lowest BCUT2D eigenvalue weighted by Gasteiger charge is -2.07. The van der Waals surface area contributed by atoms with Crippen molar-refractivity contribution in [1.82, 2.24) is 25.4 Å². The van der Waals surface area contributed by atoms with Gasteiger partial charge in [-0.3, -0.25) is 4.79 Å². The van der Waals surface area contributed by atoms with Crippen LogP contribution in [0, 0.1) is 0 Å². The zero-order chi connectivity index (χ0) is 15.4. The maximum atomic E-state index is 11.4. The number of nitrogens with two attached hydrogens (primary N) is 1. The summed E-state index contributed by atoms with van der Waals surface area (Å²) in [6, 6.07) is 0. The van der Waals surface area contributed by atoms with Gasteiger partial charge in [-0.1, -0.05) is 12.2 Å². The Labute approximate surface area is 126 Å². The molecule has 3 heterocycles. The molecule has 0 unspecified atom stereocenters. The van der Waals surface area contributed by atoms with Gasteiger partial charge in [0.05, 0.1) is 5.70 Å². The summed E-state index contributed by atoms with van der Waals surface area (Å²) >= 11 is 0. The largest absolute Gasteiger partial charge is 0.367 e. The second-order valence-corrected chi connectivity index (χ2v) is 4.47. The Morgan fingerprint density at radius 1 is 1.05 bits per heavy atom. The first-order chi connectivity index (χ1) is 10.8. The zero-order valence-corrected chi connectivity index (χ0v) is 11.6. The highest BCUT2D eigenvalue weighted by Crippen LogP contribution is 2.19. The number of rotatable bonds is 3. The van der Waals surface area contributed by atoms with E-state index in [2.05, 4.69) is 20.7 Å². The molecule has 0 saturated heterocycles. The van der Waals surface area contributed by atoms with Gasteiger partial charge in [-0.2, -0.15) is 0 Å². The topological polar surface area (TPSA) is 97.9 Å². The van der Waals surface area contributed by atoms with Crippen LogP contribution in [0.1, 0.15) is 16.4 Å². The summed E-state index contributed by atoms with van der Waals surface area (Å²) in [5, 5.41) is 10.2. The summed E-state index contributed by atoms with van der Waals surface area (Å²) in [4.78, 5) is 15.7. The minimum atomic E-state index is -0.673. The lowest BCUT2D eigenvalue weighted by Crippen LogP contribution is -2.13. The first kappa shape index (κ1) is 13.6. The van der Waals surface area contributed by atoms with Crippen LogP contribution < -0.4 is 16.4 Å². The van der Waals surface area contributed by atoms with Gasteiger partial charge in [0.2, 0.25) is 5.82 Å². The average molecular weight is 294 g/mol. The molecule has 0 aromatic carbocycles. The van der Waals surface area contributed by atoms with E-state index in [-0.39, 0.29) is 5.82 Å². The third kappa shape index (κ3) is 2.73. The third-order valence-corrected chi connectivity index (χ3v) is 2.95.